The van der Waals surface area contributed by atoms with E-state index in [1.165, 1.54) is 23.3 Å². The number of nitrogens with zero attached hydrogens (tertiary/aromatic N) is 3. The quantitative estimate of drug-likeness (QED) is 0.369. The van der Waals surface area contributed by atoms with Crippen LogP contribution >= 0.6 is 0 Å². The van der Waals surface area contributed by atoms with Gasteiger partial charge in [-0.3, -0.25) is 4.84 Å². The second-order valence-corrected chi connectivity index (χ2v) is 7.97. The van der Waals surface area contributed by atoms with Gasteiger partial charge >= 0.3 is 0 Å². The van der Waals surface area contributed by atoms with Gasteiger partial charge in [-0.15, -0.1) is 19.3 Å². The van der Waals surface area contributed by atoms with Crippen molar-refractivity contribution in [2.45, 2.75) is 6.17 Å². The minimum Gasteiger partial charge on any atom is -0.507 e. The van der Waals surface area contributed by atoms with Crippen molar-refractivity contribution < 1.29 is 29.6 Å². The Balaban J connectivity index is 1.88. The Morgan fingerprint density at radius 1 is 0.744 bits per heavy atom. The van der Waals surface area contributed by atoms with Gasteiger partial charge in [0.2, 0.25) is 0 Å². The Bertz CT molecular complexity index is 1560. The first kappa shape index (κ1) is 26.5. The highest BCUT2D eigenvalue weighted by Crippen LogP contribution is 2.38. The number of phenols is 3. The van der Waals surface area contributed by atoms with Crippen molar-refractivity contribution in [3.05, 3.63) is 77.4 Å². The Labute approximate surface area is 225 Å². The number of aromatic hydroxyl groups is 3. The van der Waals surface area contributed by atoms with Gasteiger partial charge < -0.3 is 24.8 Å². The predicted molar refractivity (Wildman–Crippen MR) is 145 cm³/mol. The standard InChI is InChI=1S/C30H23N3O6/c1-4-15-37-20-11-13-23(26(35)18-20)29-31-28(22-9-7-8-10-25(22)34)32-30(33(29)39-17-6-3)24-14-12-21(19-27(24)36)38-16-5-2/h1-3,7-14,18-19,29,34-36H,15-17H2. The molecule has 1 unspecified atom stereocenters. The van der Waals surface area contributed by atoms with Gasteiger partial charge in [-0.2, -0.15) is 0 Å². The van der Waals surface area contributed by atoms with Crippen molar-refractivity contribution in [1.29, 1.82) is 0 Å². The maximum absolute atomic E-state index is 10.9. The van der Waals surface area contributed by atoms with Crippen LogP contribution in [0.1, 0.15) is 22.9 Å². The minimum absolute atomic E-state index is 0.0175. The highest BCUT2D eigenvalue weighted by atomic mass is 16.7. The molecule has 0 radical (unpaired) electrons. The Hall–Kier alpha value is -5.56. The number of terminal acetylenes is 3. The van der Waals surface area contributed by atoms with Crippen molar-refractivity contribution in [3.8, 4) is 65.8 Å². The molecule has 0 spiro atoms. The molecule has 0 saturated carbocycles. The van der Waals surface area contributed by atoms with Crippen molar-refractivity contribution in [3.63, 3.8) is 0 Å². The molecule has 1 atom stereocenters. The molecule has 0 aliphatic carbocycles. The van der Waals surface area contributed by atoms with Crippen molar-refractivity contribution >= 4 is 11.7 Å². The fourth-order valence-electron chi connectivity index (χ4n) is 3.74. The third kappa shape index (κ3) is 5.89. The van der Waals surface area contributed by atoms with Crippen LogP contribution < -0.4 is 9.47 Å². The Morgan fingerprint density at radius 2 is 1.38 bits per heavy atom. The van der Waals surface area contributed by atoms with Crippen molar-refractivity contribution in [2.75, 3.05) is 19.8 Å². The Morgan fingerprint density at radius 3 is 2.00 bits per heavy atom. The summed E-state index contributed by atoms with van der Waals surface area (Å²) in [5.41, 5.74) is 0.855. The Kier molecular flexibility index (Phi) is 8.23. The summed E-state index contributed by atoms with van der Waals surface area (Å²) in [5.74, 6) is 7.59. The van der Waals surface area contributed by atoms with Crippen LogP contribution in [0.5, 0.6) is 28.7 Å². The number of hydroxylamine groups is 2. The van der Waals surface area contributed by atoms with Crippen LogP contribution in [0, 0.1) is 37.0 Å². The molecule has 0 amide bonds. The highest BCUT2D eigenvalue weighted by molar-refractivity contribution is 6.14. The number of rotatable bonds is 9. The fraction of sp³-hybridized carbons (Fsp3) is 0.133. The number of hydrogen-bond acceptors (Lipinski definition) is 9. The number of hydrogen-bond donors (Lipinski definition) is 3. The van der Waals surface area contributed by atoms with Crippen molar-refractivity contribution in [1.82, 2.24) is 5.06 Å². The zero-order chi connectivity index (χ0) is 27.8. The molecule has 194 valence electrons. The summed E-state index contributed by atoms with van der Waals surface area (Å²) < 4.78 is 10.8. The van der Waals surface area contributed by atoms with E-state index in [0.717, 1.165) is 0 Å². The summed E-state index contributed by atoms with van der Waals surface area (Å²) >= 11 is 0. The molecule has 39 heavy (non-hydrogen) atoms. The topological polar surface area (TPSA) is 116 Å². The SMILES string of the molecule is C#CCOc1ccc(C2=NC(c3ccccc3O)=NC(c3ccc(OCC#C)cc3O)N2OCC#C)c(O)c1. The summed E-state index contributed by atoms with van der Waals surface area (Å²) in [6.45, 7) is -0.138. The molecule has 9 nitrogen and oxygen atoms in total. The summed E-state index contributed by atoms with van der Waals surface area (Å²) in [6, 6.07) is 15.6. The van der Waals surface area contributed by atoms with E-state index < -0.39 is 6.17 Å². The molecule has 1 aliphatic rings. The molecule has 4 rings (SSSR count). The van der Waals surface area contributed by atoms with Gasteiger partial charge in [0.25, 0.3) is 0 Å². The lowest BCUT2D eigenvalue weighted by Crippen LogP contribution is -2.39. The van der Waals surface area contributed by atoms with Crippen LogP contribution in [0.3, 0.4) is 0 Å². The second kappa shape index (κ2) is 12.1. The minimum atomic E-state index is -1.04. The lowest BCUT2D eigenvalue weighted by Gasteiger charge is -2.34. The smallest absolute Gasteiger partial charge is 0.179 e. The summed E-state index contributed by atoms with van der Waals surface area (Å²) in [6.07, 6.45) is 14.9. The highest BCUT2D eigenvalue weighted by Gasteiger charge is 2.34. The van der Waals surface area contributed by atoms with E-state index in [1.807, 2.05) is 0 Å². The number of phenolic OH excluding ortho intramolecular Hbond substituents is 3. The van der Waals surface area contributed by atoms with Gasteiger partial charge in [0.1, 0.15) is 48.6 Å². The van der Waals surface area contributed by atoms with Gasteiger partial charge in [-0.1, -0.05) is 29.9 Å². The lowest BCUT2D eigenvalue weighted by atomic mass is 10.1. The number of amidine groups is 2. The number of benzene rings is 3. The van der Waals surface area contributed by atoms with Gasteiger partial charge in [-0.25, -0.2) is 15.0 Å². The van der Waals surface area contributed by atoms with E-state index in [1.54, 1.807) is 42.5 Å². The number of ether oxygens (including phenoxy) is 2. The van der Waals surface area contributed by atoms with E-state index in [-0.39, 0.29) is 54.3 Å². The van der Waals surface area contributed by atoms with E-state index >= 15 is 0 Å². The third-order valence-corrected chi connectivity index (χ3v) is 5.45. The average Bonchev–Trinajstić information content (AvgIpc) is 2.94. The maximum atomic E-state index is 10.9. The molecule has 0 bridgehead atoms. The van der Waals surface area contributed by atoms with Crippen LogP contribution in [0.4, 0.5) is 0 Å². The van der Waals surface area contributed by atoms with E-state index in [2.05, 4.69) is 27.7 Å². The third-order valence-electron chi connectivity index (χ3n) is 5.45. The van der Waals surface area contributed by atoms with Gasteiger partial charge in [0, 0.05) is 17.7 Å². The average molecular weight is 522 g/mol. The molecule has 3 aromatic carbocycles. The summed E-state index contributed by atoms with van der Waals surface area (Å²) in [5, 5.41) is 33.7. The van der Waals surface area contributed by atoms with E-state index in [4.69, 9.17) is 33.6 Å². The second-order valence-electron chi connectivity index (χ2n) is 7.97. The van der Waals surface area contributed by atoms with Gasteiger partial charge in [0.05, 0.1) is 11.1 Å². The lowest BCUT2D eigenvalue weighted by molar-refractivity contribution is -0.114. The summed E-state index contributed by atoms with van der Waals surface area (Å²) in [7, 11) is 0. The molecule has 3 aromatic rings. The molecule has 0 fully saturated rings. The van der Waals surface area contributed by atoms with Gasteiger partial charge in [-0.05, 0) is 36.4 Å². The fourth-order valence-corrected chi connectivity index (χ4v) is 3.74. The molecular weight excluding hydrogens is 498 g/mol. The largest absolute Gasteiger partial charge is 0.507 e. The number of para-hydroxylation sites is 1. The zero-order valence-corrected chi connectivity index (χ0v) is 20.6. The molecule has 1 heterocycles. The molecule has 3 N–H and O–H groups in total. The monoisotopic (exact) mass is 521 g/mol. The first-order valence-electron chi connectivity index (χ1n) is 11.6. The molecule has 0 aromatic heterocycles. The van der Waals surface area contributed by atoms with Gasteiger partial charge in [0.15, 0.2) is 17.8 Å². The van der Waals surface area contributed by atoms with Crippen LogP contribution in [0.15, 0.2) is 70.6 Å². The normalized spacial score (nSPS) is 14.3. The molecule has 1 aliphatic heterocycles. The molecule has 9 heteroatoms. The summed E-state index contributed by atoms with van der Waals surface area (Å²) in [4.78, 5) is 15.1. The van der Waals surface area contributed by atoms with E-state index in [9.17, 15) is 15.3 Å². The van der Waals surface area contributed by atoms with E-state index in [0.29, 0.717) is 22.6 Å². The van der Waals surface area contributed by atoms with Crippen LogP contribution in [0.2, 0.25) is 0 Å². The number of aliphatic imine (C=N–C) groups is 2. The van der Waals surface area contributed by atoms with Crippen LogP contribution in [0.25, 0.3) is 0 Å². The zero-order valence-electron chi connectivity index (χ0n) is 20.6. The maximum Gasteiger partial charge on any atom is 0.179 e. The molecule has 0 saturated heterocycles. The van der Waals surface area contributed by atoms with Crippen LogP contribution in [-0.2, 0) is 4.84 Å². The van der Waals surface area contributed by atoms with Crippen molar-refractivity contribution in [2.24, 2.45) is 9.98 Å². The predicted octanol–water partition coefficient (Wildman–Crippen LogP) is 3.60. The first-order chi connectivity index (χ1) is 19.0. The first-order valence-corrected chi connectivity index (χ1v) is 11.6. The molecular formula is C30H23N3O6. The van der Waals surface area contributed by atoms with Crippen LogP contribution in [-0.4, -0.2) is 51.9 Å².